The van der Waals surface area contributed by atoms with E-state index in [4.69, 9.17) is 9.05 Å². The summed E-state index contributed by atoms with van der Waals surface area (Å²) in [6.07, 6.45) is 0. The van der Waals surface area contributed by atoms with Gasteiger partial charge in [-0.1, -0.05) is 36.4 Å². The highest BCUT2D eigenvalue weighted by Gasteiger charge is 2.17. The number of sulfone groups is 2. The Morgan fingerprint density at radius 3 is 1.35 bits per heavy atom. The molecule has 0 atom stereocenters. The van der Waals surface area contributed by atoms with Crippen LogP contribution >= 0.6 is 8.25 Å². The van der Waals surface area contributed by atoms with Gasteiger partial charge in [0.25, 0.3) is 0 Å². The molecule has 2 rings (SSSR count). The number of rotatable bonds is 10. The zero-order valence-electron chi connectivity index (χ0n) is 13.7. The van der Waals surface area contributed by atoms with Gasteiger partial charge in [0, 0.05) is 0 Å². The molecule has 141 valence electrons. The first-order valence-corrected chi connectivity index (χ1v) is 12.0. The van der Waals surface area contributed by atoms with E-state index in [0.29, 0.717) is 0 Å². The fourth-order valence-corrected chi connectivity index (χ4v) is 4.99. The molecule has 0 amide bonds. The van der Waals surface area contributed by atoms with Crippen molar-refractivity contribution in [2.75, 3.05) is 24.7 Å². The fourth-order valence-electron chi connectivity index (χ4n) is 1.97. The summed E-state index contributed by atoms with van der Waals surface area (Å²) in [5.41, 5.74) is 0. The molecule has 0 saturated carbocycles. The lowest BCUT2D eigenvalue weighted by molar-refractivity contribution is 0.244. The monoisotopic (exact) mass is 417 g/mol. The Labute approximate surface area is 153 Å². The second-order valence-corrected chi connectivity index (χ2v) is 10.3. The maximum Gasteiger partial charge on any atom is 0.368 e. The largest absolute Gasteiger partial charge is 0.368 e. The van der Waals surface area contributed by atoms with Crippen LogP contribution in [0.3, 0.4) is 0 Å². The standard InChI is InChI=1S/C16H18O7PS2/c17-24(22-11-13-25(18,19)15-7-3-1-4-8-15)23-12-14-26(20,21)16-9-5-2-6-10-16/h1-10H,11-14H2. The Balaban J connectivity index is 1.74. The summed E-state index contributed by atoms with van der Waals surface area (Å²) >= 11 is 0. The van der Waals surface area contributed by atoms with Crippen LogP contribution in [0, 0.1) is 0 Å². The third kappa shape index (κ3) is 6.26. The van der Waals surface area contributed by atoms with Crippen molar-refractivity contribution in [3.63, 3.8) is 0 Å². The van der Waals surface area contributed by atoms with Crippen molar-refractivity contribution in [1.29, 1.82) is 0 Å². The van der Waals surface area contributed by atoms with Crippen LogP contribution in [0.2, 0.25) is 0 Å². The van der Waals surface area contributed by atoms with Gasteiger partial charge >= 0.3 is 8.25 Å². The van der Waals surface area contributed by atoms with E-state index < -0.39 is 27.9 Å². The lowest BCUT2D eigenvalue weighted by atomic mass is 10.4. The van der Waals surface area contributed by atoms with Gasteiger partial charge in [0.2, 0.25) is 0 Å². The Bertz CT molecular complexity index is 850. The Morgan fingerprint density at radius 1 is 0.654 bits per heavy atom. The second kappa shape index (κ2) is 9.34. The van der Waals surface area contributed by atoms with Crippen molar-refractivity contribution in [3.8, 4) is 0 Å². The molecule has 7 nitrogen and oxygen atoms in total. The molecule has 0 bridgehead atoms. The maximum absolute atomic E-state index is 12.0. The van der Waals surface area contributed by atoms with Crippen LogP contribution < -0.4 is 0 Å². The second-order valence-electron chi connectivity index (χ2n) is 5.15. The van der Waals surface area contributed by atoms with Crippen molar-refractivity contribution in [3.05, 3.63) is 60.7 Å². The van der Waals surface area contributed by atoms with Gasteiger partial charge in [-0.3, -0.25) is 9.05 Å². The molecule has 10 heteroatoms. The summed E-state index contributed by atoms with van der Waals surface area (Å²) < 4.78 is 69.4. The Hall–Kier alpha value is -1.64. The molecule has 0 saturated heterocycles. The quantitative estimate of drug-likeness (QED) is 0.547. The SMILES string of the molecule is O=[P](OCCS(=O)(=O)c1ccccc1)OCCS(=O)(=O)c1ccccc1. The van der Waals surface area contributed by atoms with Crippen LogP contribution in [0.15, 0.2) is 70.5 Å². The fraction of sp³-hybridized carbons (Fsp3) is 0.250. The third-order valence-electron chi connectivity index (χ3n) is 3.30. The highest BCUT2D eigenvalue weighted by molar-refractivity contribution is 7.91. The Morgan fingerprint density at radius 2 is 1.00 bits per heavy atom. The minimum absolute atomic E-state index is 0.147. The van der Waals surface area contributed by atoms with Crippen LogP contribution in [0.4, 0.5) is 0 Å². The molecule has 0 unspecified atom stereocenters. The molecule has 2 aromatic carbocycles. The highest BCUT2D eigenvalue weighted by Crippen LogP contribution is 2.24. The van der Waals surface area contributed by atoms with E-state index in [1.807, 2.05) is 0 Å². The predicted octanol–water partition coefficient (Wildman–Crippen LogP) is 2.62. The zero-order chi connectivity index (χ0) is 19.0. The molecule has 0 aliphatic rings. The summed E-state index contributed by atoms with van der Waals surface area (Å²) in [5, 5.41) is 0. The average Bonchev–Trinajstić information content (AvgIpc) is 2.63. The first-order valence-electron chi connectivity index (χ1n) is 7.60. The van der Waals surface area contributed by atoms with Gasteiger partial charge in [-0.25, -0.2) is 21.4 Å². The lowest BCUT2D eigenvalue weighted by Gasteiger charge is -2.06. The third-order valence-corrected chi connectivity index (χ3v) is 7.48. The van der Waals surface area contributed by atoms with Gasteiger partial charge in [0.05, 0.1) is 34.5 Å². The molecular weight excluding hydrogens is 399 g/mol. The first-order chi connectivity index (χ1) is 12.3. The molecule has 2 aromatic rings. The summed E-state index contributed by atoms with van der Waals surface area (Å²) in [5.74, 6) is -0.715. The van der Waals surface area contributed by atoms with Crippen molar-refractivity contribution in [2.24, 2.45) is 0 Å². The minimum atomic E-state index is -3.54. The summed E-state index contributed by atoms with van der Waals surface area (Å²) in [6, 6.07) is 15.6. The van der Waals surface area contributed by atoms with E-state index in [1.54, 1.807) is 36.4 Å². The van der Waals surface area contributed by atoms with E-state index >= 15 is 0 Å². The predicted molar refractivity (Wildman–Crippen MR) is 96.5 cm³/mol. The molecule has 0 spiro atoms. The van der Waals surface area contributed by atoms with Crippen molar-refractivity contribution < 1.29 is 30.4 Å². The van der Waals surface area contributed by atoms with Crippen LogP contribution in [0.1, 0.15) is 0 Å². The normalized spacial score (nSPS) is 12.0. The smallest absolute Gasteiger partial charge is 0.282 e. The van der Waals surface area contributed by atoms with Gasteiger partial charge in [0.15, 0.2) is 19.7 Å². The van der Waals surface area contributed by atoms with E-state index in [9.17, 15) is 21.4 Å². The maximum atomic E-state index is 12.0. The molecule has 26 heavy (non-hydrogen) atoms. The van der Waals surface area contributed by atoms with Gasteiger partial charge < -0.3 is 0 Å². The molecule has 0 fully saturated rings. The van der Waals surface area contributed by atoms with E-state index in [-0.39, 0.29) is 34.5 Å². The van der Waals surface area contributed by atoms with Crippen molar-refractivity contribution >= 4 is 27.9 Å². The van der Waals surface area contributed by atoms with E-state index in [0.717, 1.165) is 0 Å². The van der Waals surface area contributed by atoms with Crippen LogP contribution in [0.5, 0.6) is 0 Å². The molecular formula is C16H18O7PS2. The summed E-state index contributed by atoms with van der Waals surface area (Å²) in [4.78, 5) is 0.294. The molecule has 0 heterocycles. The van der Waals surface area contributed by atoms with Crippen LogP contribution in [-0.2, 0) is 33.3 Å². The average molecular weight is 417 g/mol. The number of hydrogen-bond acceptors (Lipinski definition) is 7. The molecule has 0 aliphatic heterocycles. The minimum Gasteiger partial charge on any atom is -0.282 e. The van der Waals surface area contributed by atoms with E-state index in [2.05, 4.69) is 0 Å². The number of benzene rings is 2. The van der Waals surface area contributed by atoms with Gasteiger partial charge in [-0.05, 0) is 24.3 Å². The molecule has 0 N–H and O–H groups in total. The van der Waals surface area contributed by atoms with Gasteiger partial charge in [-0.2, -0.15) is 0 Å². The molecule has 0 aliphatic carbocycles. The lowest BCUT2D eigenvalue weighted by Crippen LogP contribution is -2.12. The molecule has 1 radical (unpaired) electrons. The van der Waals surface area contributed by atoms with Crippen LogP contribution in [-0.4, -0.2) is 41.6 Å². The summed E-state index contributed by atoms with van der Waals surface area (Å²) in [7, 11) is -9.68. The van der Waals surface area contributed by atoms with Crippen LogP contribution in [0.25, 0.3) is 0 Å². The Kier molecular flexibility index (Phi) is 7.43. The zero-order valence-corrected chi connectivity index (χ0v) is 16.3. The summed E-state index contributed by atoms with van der Waals surface area (Å²) in [6.45, 7) is -0.643. The van der Waals surface area contributed by atoms with Gasteiger partial charge in [0.1, 0.15) is 0 Å². The highest BCUT2D eigenvalue weighted by atomic mass is 32.2. The van der Waals surface area contributed by atoms with Gasteiger partial charge in [-0.15, -0.1) is 0 Å². The first kappa shape index (κ1) is 20.7. The van der Waals surface area contributed by atoms with Crippen molar-refractivity contribution in [1.82, 2.24) is 0 Å². The number of hydrogen-bond donors (Lipinski definition) is 0. The van der Waals surface area contributed by atoms with E-state index in [1.165, 1.54) is 24.3 Å². The molecule has 0 aromatic heterocycles. The topological polar surface area (TPSA) is 104 Å². The van der Waals surface area contributed by atoms with Crippen molar-refractivity contribution in [2.45, 2.75) is 9.79 Å².